The number of aromatic amines is 3. The second-order valence-electron chi connectivity index (χ2n) is 47.0. The number of nitrogens with one attached hydrogen (secondary N) is 3. The van der Waals surface area contributed by atoms with Crippen molar-refractivity contribution in [2.24, 2.45) is 11.8 Å². The molecule has 16 heterocycles. The number of carbonyl (C=O) groups is 3. The highest BCUT2D eigenvalue weighted by Crippen LogP contribution is 2.37. The number of piperidine rings is 4. The molecule has 3 unspecified atom stereocenters. The molecule has 133 heavy (non-hydrogen) atoms. The normalized spacial score (nSPS) is 21.0. The number of nitrogens with zero attached hydrogens (tertiary/aromatic N) is 21. The number of hydrogen-bond acceptors (Lipinski definition) is 25. The summed E-state index contributed by atoms with van der Waals surface area (Å²) in [7, 11) is 0.0312. The molecule has 6 fully saturated rings. The van der Waals surface area contributed by atoms with Gasteiger partial charge in [-0.15, -0.1) is 20.4 Å². The van der Waals surface area contributed by atoms with Crippen LogP contribution in [0.3, 0.4) is 0 Å². The summed E-state index contributed by atoms with van der Waals surface area (Å²) in [4.78, 5) is 93.4. The number of ketones is 1. The fourth-order valence-electron chi connectivity index (χ4n) is 19.0. The van der Waals surface area contributed by atoms with Gasteiger partial charge >= 0.3 is 5.69 Å². The summed E-state index contributed by atoms with van der Waals surface area (Å²) in [6.07, 6.45) is 23.6. The molecule has 6 saturated heterocycles. The van der Waals surface area contributed by atoms with Crippen molar-refractivity contribution in [3.63, 3.8) is 0 Å². The smallest absolute Gasteiger partial charge is 0.325 e. The number of amides is 2. The highest BCUT2D eigenvalue weighted by molar-refractivity contribution is 7.91. The third kappa shape index (κ3) is 33.6. The average Bonchev–Trinajstić information content (AvgIpc) is 1.61. The Bertz CT molecular complexity index is 4600. The maximum Gasteiger partial charge on any atom is 0.325 e. The Kier molecular flexibility index (Phi) is 38.9. The summed E-state index contributed by atoms with van der Waals surface area (Å²) in [5.41, 5.74) is 7.02. The van der Waals surface area contributed by atoms with Crippen LogP contribution in [0.15, 0.2) is 64.1 Å². The highest BCUT2D eigenvalue weighted by Gasteiger charge is 2.49. The Morgan fingerprint density at radius 1 is 0.526 bits per heavy atom. The van der Waals surface area contributed by atoms with Crippen molar-refractivity contribution in [3.8, 4) is 0 Å². The van der Waals surface area contributed by atoms with Crippen LogP contribution in [0.2, 0.25) is 0 Å². The first kappa shape index (κ1) is 111. The topological polar surface area (TPSA) is 342 Å². The van der Waals surface area contributed by atoms with Crippen LogP contribution in [0.5, 0.6) is 0 Å². The lowest BCUT2D eigenvalue weighted by Gasteiger charge is -2.42. The van der Waals surface area contributed by atoms with E-state index in [4.69, 9.17) is 9.36 Å². The minimum absolute atomic E-state index is 0.0218. The molecule has 6 aromatic rings. The minimum Gasteiger partial charge on any atom is -0.384 e. The fourth-order valence-corrected chi connectivity index (χ4v) is 19.8. The second kappa shape index (κ2) is 46.5. The van der Waals surface area contributed by atoms with Gasteiger partial charge in [-0.1, -0.05) is 0 Å². The maximum absolute atomic E-state index is 11.9. The summed E-state index contributed by atoms with van der Waals surface area (Å²) in [5, 5.41) is 35.9. The quantitative estimate of drug-likeness (QED) is 0.103. The van der Waals surface area contributed by atoms with E-state index in [-0.39, 0.29) is 90.7 Å². The predicted molar refractivity (Wildman–Crippen MR) is 527 cm³/mol. The van der Waals surface area contributed by atoms with Gasteiger partial charge < -0.3 is 33.2 Å². The molecule has 3 atom stereocenters. The molecule has 0 spiro atoms. The Labute approximate surface area is 797 Å². The van der Waals surface area contributed by atoms with Gasteiger partial charge in [-0.25, -0.2) is 23.3 Å². The van der Waals surface area contributed by atoms with Gasteiger partial charge in [0, 0.05) is 227 Å². The number of aliphatic hydroxyl groups excluding tert-OH is 1. The molecule has 10 aliphatic heterocycles. The molecule has 16 rings (SSSR count). The van der Waals surface area contributed by atoms with Gasteiger partial charge in [0.05, 0.1) is 37.6 Å². The summed E-state index contributed by atoms with van der Waals surface area (Å²) < 4.78 is 35.6. The molecule has 6 aromatic heterocycles. The Balaban J connectivity index is 0.000000184. The summed E-state index contributed by atoms with van der Waals surface area (Å²) in [5.74, 6) is 1.95. The lowest BCUT2D eigenvalue weighted by Crippen LogP contribution is -2.55. The number of piperazine rings is 1. The second-order valence-corrected chi connectivity index (χ2v) is 49.2. The summed E-state index contributed by atoms with van der Waals surface area (Å²) >= 11 is 0. The van der Waals surface area contributed by atoms with Crippen molar-refractivity contribution in [3.05, 3.63) is 105 Å². The van der Waals surface area contributed by atoms with E-state index in [9.17, 15) is 37.5 Å². The molecule has 0 aromatic carbocycles. The van der Waals surface area contributed by atoms with Crippen molar-refractivity contribution in [1.82, 2.24) is 118 Å². The number of Topliss-reactive ketones (excluding diaryl/α,β-unsaturated/α-hetero) is 1. The number of hydroxylamine groups is 2. The Morgan fingerprint density at radius 3 is 1.47 bits per heavy atom. The molecule has 0 radical (unpaired) electrons. The van der Waals surface area contributed by atoms with E-state index in [1.807, 2.05) is 53.4 Å². The third-order valence-corrected chi connectivity index (χ3v) is 28.8. The lowest BCUT2D eigenvalue weighted by molar-refractivity contribution is -0.175. The van der Waals surface area contributed by atoms with Gasteiger partial charge in [-0.3, -0.25) is 77.8 Å². The van der Waals surface area contributed by atoms with Crippen molar-refractivity contribution >= 4 is 27.4 Å². The first-order valence-corrected chi connectivity index (χ1v) is 51.0. The van der Waals surface area contributed by atoms with Gasteiger partial charge in [-0.2, -0.15) is 10.3 Å². The van der Waals surface area contributed by atoms with Crippen LogP contribution < -0.4 is 11.2 Å². The van der Waals surface area contributed by atoms with E-state index in [0.29, 0.717) is 29.6 Å². The first-order chi connectivity index (χ1) is 61.5. The van der Waals surface area contributed by atoms with Gasteiger partial charge in [-0.05, 0) is 291 Å². The van der Waals surface area contributed by atoms with Crippen LogP contribution in [-0.4, -0.2) is 335 Å². The van der Waals surface area contributed by atoms with Gasteiger partial charge in [0.15, 0.2) is 15.6 Å². The molecule has 4 N–H and O–H groups in total. The summed E-state index contributed by atoms with van der Waals surface area (Å²) in [6, 6.07) is 2.97. The van der Waals surface area contributed by atoms with E-state index < -0.39 is 15.9 Å². The third-order valence-electron chi connectivity index (χ3n) is 28.0. The predicted octanol–water partition coefficient (Wildman–Crippen LogP) is 11.5. The SMILES string of the molecule is CC(C)(C)N1CCC(C(=O)CS(C)(=O)=O)CC1.CC(C)(C)N1CCC(c2cc(=O)[nH]o2)CC1.CC(C)(C)N1CCC(n2cnnc2)CC1.CC(C)(C)N1CCc2[nH]ncc2C1.CC(C)(C)N1CCn2c(c[nH]c2=O)C1.CC(C)(C)N1CCn2cncc2C1.CC(C)(C)N1CCn2cnnc2C1.CC(O)C(=O)N1CC2CC1CN2C(C)(C)C.CON(C)C(=O)C1CCN(C(C)(C)C)CC1. The number of fused-ring (bicyclic) bond motifs is 6. The number of likely N-dealkylation sites (tertiary alicyclic amines) is 6. The number of rotatable bonds is 8. The maximum atomic E-state index is 11.9. The molecule has 0 aliphatic carbocycles. The van der Waals surface area contributed by atoms with Crippen LogP contribution >= 0.6 is 0 Å². The van der Waals surface area contributed by atoms with E-state index in [1.54, 1.807) is 20.0 Å². The lowest BCUT2D eigenvalue weighted by atomic mass is 9.90. The molecule has 754 valence electrons. The van der Waals surface area contributed by atoms with Crippen molar-refractivity contribution in [2.75, 3.05) is 118 Å². The van der Waals surface area contributed by atoms with Crippen LogP contribution in [0.4, 0.5) is 0 Å². The zero-order chi connectivity index (χ0) is 99.1. The number of hydrogen-bond donors (Lipinski definition) is 4. The van der Waals surface area contributed by atoms with Crippen LogP contribution in [0.25, 0.3) is 0 Å². The minimum atomic E-state index is -3.18. The monoisotopic (exact) mass is 1880 g/mol. The van der Waals surface area contributed by atoms with Crippen LogP contribution in [-0.2, 0) is 81.3 Å². The number of aliphatic hydroxyl groups is 1. The number of sulfone groups is 1. The molecule has 2 amide bonds. The highest BCUT2D eigenvalue weighted by atomic mass is 32.2. The largest absolute Gasteiger partial charge is 0.384 e. The summed E-state index contributed by atoms with van der Waals surface area (Å²) in [6.45, 7) is 82.8. The van der Waals surface area contributed by atoms with Gasteiger partial charge in [0.1, 0.15) is 42.4 Å². The number of aromatic nitrogens is 13. The zero-order valence-corrected chi connectivity index (χ0v) is 88.5. The van der Waals surface area contributed by atoms with Crippen molar-refractivity contribution < 1.29 is 37.3 Å². The molecular formula is C98H176N24O10S. The number of imidazole rings is 2. The van der Waals surface area contributed by atoms with E-state index >= 15 is 0 Å². The number of carbonyl (C=O) groups excluding carboxylic acids is 3. The van der Waals surface area contributed by atoms with Gasteiger partial charge in [0.25, 0.3) is 11.5 Å². The van der Waals surface area contributed by atoms with E-state index in [0.717, 1.165) is 199 Å². The van der Waals surface area contributed by atoms with E-state index in [2.05, 4.69) is 290 Å². The Morgan fingerprint density at radius 2 is 1.00 bits per heavy atom. The zero-order valence-electron chi connectivity index (χ0n) is 87.7. The molecule has 2 bridgehead atoms. The van der Waals surface area contributed by atoms with Gasteiger partial charge in [0.2, 0.25) is 5.91 Å². The molecular weight excluding hydrogens is 1710 g/mol. The Hall–Kier alpha value is -7.16. The average molecular weight is 1880 g/mol. The fraction of sp³-hybridized carbons (Fsp3) is 0.806. The standard InChI is InChI=1S/C12H22N2O2.C12H20N2O2.C12H24N2O2.C12H23NO3S.C11H20N4.C10H17N3O.2C10H17N3.C9H16N4/c1-8(15)11(16)13-6-10-5-9(13)7-14(10)12(2,3)4;1-12(2,3)14-6-4-9(5-7-14)10-8-11(15)13-16-10;1-12(2,3)14-8-6-10(7-9-14)11(15)13(4)16-5;1-12(2,3)13-7-5-10(6-8-13)11(14)9-17(4,15)16;1-11(2,3)15-6-4-10(5-7-15)14-8-12-13-9-14;1-10(2,3)12-4-5-13-8(7-12)6-11-9(13)14;1-10(2,3)13-5-4-12-8-11-6-9(12)7-13;1-10(2,3)13-5-4-9-8(7-13)6-11-12-9;1-9(2,3)13-5-4-12-7-10-11-8(12)6-13/h8-10,15H,5-7H2,1-4H3;8-9H,4-7H2,1-3H3,(H,13,15);10H,6-9H2,1-5H3;10H,5-9H2,1-4H3;8-10H,4-7H2,1-3H3;6H,4-5,7H2,1-3H3,(H,11,14);6,8H,4-5,7H2,1-3H3;6H,4-5,7H2,1-3H3,(H,11,12);7H,4-6H2,1-3H3. The van der Waals surface area contributed by atoms with Crippen molar-refractivity contribution in [2.45, 2.75) is 384 Å². The molecule has 10 aliphatic rings. The van der Waals surface area contributed by atoms with Crippen molar-refractivity contribution in [1.29, 1.82) is 0 Å². The first-order valence-electron chi connectivity index (χ1n) is 48.9. The van der Waals surface area contributed by atoms with Crippen LogP contribution in [0.1, 0.15) is 298 Å². The molecule has 0 saturated carbocycles. The molecule has 34 nitrogen and oxygen atoms in total. The van der Waals surface area contributed by atoms with E-state index in [1.165, 1.54) is 55.1 Å². The van der Waals surface area contributed by atoms with Crippen LogP contribution in [0, 0.1) is 11.8 Å². The molecule has 35 heteroatoms. The number of H-pyrrole nitrogens is 3.